The fraction of sp³-hybridized carbons (Fsp3) is 0.750. The van der Waals surface area contributed by atoms with Gasteiger partial charge in [-0.3, -0.25) is 4.79 Å². The highest BCUT2D eigenvalue weighted by Gasteiger charge is 2.32. The highest BCUT2D eigenvalue weighted by Crippen LogP contribution is 2.35. The van der Waals surface area contributed by atoms with Gasteiger partial charge < -0.3 is 4.79 Å². The molecule has 0 aromatic heterocycles. The molecule has 0 aliphatic heterocycles. The molecule has 0 unspecified atom stereocenters. The Morgan fingerprint density at radius 1 is 1.22 bits per heavy atom. The summed E-state index contributed by atoms with van der Waals surface area (Å²) in [7, 11) is 0. The molecular weight excluding hydrogens is 224 g/mol. The number of aldehydes is 1. The third-order valence-corrected chi connectivity index (χ3v) is 3.93. The molecule has 0 saturated heterocycles. The molecule has 0 amide bonds. The molecule has 1 aliphatic carbocycles. The summed E-state index contributed by atoms with van der Waals surface area (Å²) in [6.07, 6.45) is 14.3. The summed E-state index contributed by atoms with van der Waals surface area (Å²) >= 11 is 0. The maximum atomic E-state index is 11.8. The van der Waals surface area contributed by atoms with Crippen LogP contribution < -0.4 is 0 Å². The van der Waals surface area contributed by atoms with E-state index in [-0.39, 0.29) is 5.92 Å². The van der Waals surface area contributed by atoms with Crippen LogP contribution in [0.5, 0.6) is 0 Å². The van der Waals surface area contributed by atoms with Gasteiger partial charge in [0.1, 0.15) is 12.1 Å². The van der Waals surface area contributed by atoms with Gasteiger partial charge in [-0.15, -0.1) is 0 Å². The zero-order valence-corrected chi connectivity index (χ0v) is 11.6. The molecule has 0 bridgehead atoms. The van der Waals surface area contributed by atoms with Crippen LogP contribution in [0, 0.1) is 11.8 Å². The number of carbonyl (C=O) groups excluding carboxylic acids is 2. The molecular formula is C16H26O2. The van der Waals surface area contributed by atoms with E-state index in [4.69, 9.17) is 0 Å². The normalized spacial score (nSPS) is 23.9. The first kappa shape index (κ1) is 15.1. The molecule has 0 heterocycles. The van der Waals surface area contributed by atoms with Gasteiger partial charge in [-0.05, 0) is 38.0 Å². The van der Waals surface area contributed by atoms with Crippen LogP contribution in [0.2, 0.25) is 0 Å². The van der Waals surface area contributed by atoms with Crippen LogP contribution in [0.3, 0.4) is 0 Å². The summed E-state index contributed by atoms with van der Waals surface area (Å²) in [6, 6.07) is 0. The van der Waals surface area contributed by atoms with Crippen LogP contribution in [0.1, 0.15) is 64.7 Å². The summed E-state index contributed by atoms with van der Waals surface area (Å²) < 4.78 is 0. The molecule has 102 valence electrons. The Morgan fingerprint density at radius 3 is 2.78 bits per heavy atom. The van der Waals surface area contributed by atoms with Crippen molar-refractivity contribution in [2.24, 2.45) is 11.8 Å². The van der Waals surface area contributed by atoms with Gasteiger partial charge >= 0.3 is 0 Å². The Labute approximate surface area is 111 Å². The molecule has 0 aromatic carbocycles. The predicted octanol–water partition coefficient (Wildman–Crippen LogP) is 4.09. The number of allylic oxidation sites excluding steroid dienone is 2. The summed E-state index contributed by atoms with van der Waals surface area (Å²) in [6.45, 7) is 2.12. The number of ketones is 1. The lowest BCUT2D eigenvalue weighted by molar-refractivity contribution is -0.121. The molecule has 1 fully saturated rings. The molecule has 0 aromatic rings. The van der Waals surface area contributed by atoms with Crippen LogP contribution in [-0.2, 0) is 9.59 Å². The Bertz CT molecular complexity index is 281. The summed E-state index contributed by atoms with van der Waals surface area (Å²) in [4.78, 5) is 22.0. The maximum absolute atomic E-state index is 11.8. The van der Waals surface area contributed by atoms with Crippen molar-refractivity contribution in [1.29, 1.82) is 0 Å². The smallest absolute Gasteiger partial charge is 0.136 e. The summed E-state index contributed by atoms with van der Waals surface area (Å²) in [5, 5.41) is 0. The lowest BCUT2D eigenvalue weighted by atomic mass is 9.88. The molecule has 1 saturated carbocycles. The second kappa shape index (κ2) is 9.07. The summed E-state index contributed by atoms with van der Waals surface area (Å²) in [5.41, 5.74) is 0. The lowest BCUT2D eigenvalue weighted by Gasteiger charge is -2.16. The Kier molecular flexibility index (Phi) is 7.63. The largest absolute Gasteiger partial charge is 0.303 e. The average molecular weight is 250 g/mol. The van der Waals surface area contributed by atoms with Crippen molar-refractivity contribution in [3.63, 3.8) is 0 Å². The Hall–Kier alpha value is -0.920. The zero-order chi connectivity index (χ0) is 13.2. The topological polar surface area (TPSA) is 34.1 Å². The molecule has 18 heavy (non-hydrogen) atoms. The third kappa shape index (κ3) is 5.16. The first-order chi connectivity index (χ1) is 8.79. The van der Waals surface area contributed by atoms with E-state index in [1.165, 1.54) is 6.42 Å². The van der Waals surface area contributed by atoms with Crippen molar-refractivity contribution in [2.75, 3.05) is 0 Å². The van der Waals surface area contributed by atoms with Gasteiger partial charge in [-0.2, -0.15) is 0 Å². The van der Waals surface area contributed by atoms with Gasteiger partial charge in [0.25, 0.3) is 0 Å². The van der Waals surface area contributed by atoms with Gasteiger partial charge in [-0.25, -0.2) is 0 Å². The van der Waals surface area contributed by atoms with Crippen LogP contribution >= 0.6 is 0 Å². The summed E-state index contributed by atoms with van der Waals surface area (Å²) in [5.74, 6) is 1.34. The molecule has 2 atom stereocenters. The van der Waals surface area contributed by atoms with Gasteiger partial charge in [0.15, 0.2) is 0 Å². The van der Waals surface area contributed by atoms with E-state index in [0.29, 0.717) is 18.1 Å². The van der Waals surface area contributed by atoms with Gasteiger partial charge in [-0.1, -0.05) is 31.9 Å². The molecule has 0 radical (unpaired) electrons. The third-order valence-electron chi connectivity index (χ3n) is 3.93. The molecule has 0 N–H and O–H groups in total. The fourth-order valence-electron chi connectivity index (χ4n) is 2.87. The number of carbonyl (C=O) groups is 2. The molecule has 0 spiro atoms. The molecule has 1 rings (SSSR count). The first-order valence-corrected chi connectivity index (χ1v) is 7.41. The van der Waals surface area contributed by atoms with Gasteiger partial charge in [0.2, 0.25) is 0 Å². The molecule has 1 aliphatic rings. The molecule has 2 heteroatoms. The Balaban J connectivity index is 2.27. The van der Waals surface area contributed by atoms with Crippen molar-refractivity contribution in [2.45, 2.75) is 64.7 Å². The Morgan fingerprint density at radius 2 is 2.06 bits per heavy atom. The average Bonchev–Trinajstić information content (AvgIpc) is 2.71. The van der Waals surface area contributed by atoms with Gasteiger partial charge in [0.05, 0.1) is 0 Å². The van der Waals surface area contributed by atoms with E-state index < -0.39 is 0 Å². The van der Waals surface area contributed by atoms with Crippen molar-refractivity contribution in [3.8, 4) is 0 Å². The van der Waals surface area contributed by atoms with Crippen LogP contribution in [-0.4, -0.2) is 12.1 Å². The van der Waals surface area contributed by atoms with Crippen molar-refractivity contribution in [3.05, 3.63) is 12.2 Å². The minimum atomic E-state index is 0.277. The minimum absolute atomic E-state index is 0.277. The highest BCUT2D eigenvalue weighted by atomic mass is 16.1. The number of unbranched alkanes of at least 4 members (excludes halogenated alkanes) is 3. The number of hydrogen-bond donors (Lipinski definition) is 0. The predicted molar refractivity (Wildman–Crippen MR) is 74.4 cm³/mol. The fourth-order valence-corrected chi connectivity index (χ4v) is 2.87. The maximum Gasteiger partial charge on any atom is 0.136 e. The van der Waals surface area contributed by atoms with Crippen molar-refractivity contribution < 1.29 is 9.59 Å². The SMILES string of the molecule is CCC=CC[C@@H]1C(=O)CC[C@@H]1CCCCCC=O. The highest BCUT2D eigenvalue weighted by molar-refractivity contribution is 5.83. The second-order valence-electron chi connectivity index (χ2n) is 5.29. The lowest BCUT2D eigenvalue weighted by Crippen LogP contribution is -2.14. The molecule has 2 nitrogen and oxygen atoms in total. The van der Waals surface area contributed by atoms with E-state index in [1.807, 2.05) is 0 Å². The van der Waals surface area contributed by atoms with E-state index in [0.717, 1.165) is 51.2 Å². The van der Waals surface area contributed by atoms with E-state index >= 15 is 0 Å². The number of Topliss-reactive ketones (excluding diaryl/α,β-unsaturated/α-hetero) is 1. The van der Waals surface area contributed by atoms with Crippen LogP contribution in [0.25, 0.3) is 0 Å². The van der Waals surface area contributed by atoms with Crippen LogP contribution in [0.15, 0.2) is 12.2 Å². The van der Waals surface area contributed by atoms with E-state index in [2.05, 4.69) is 19.1 Å². The minimum Gasteiger partial charge on any atom is -0.303 e. The monoisotopic (exact) mass is 250 g/mol. The van der Waals surface area contributed by atoms with Crippen molar-refractivity contribution >= 4 is 12.1 Å². The van der Waals surface area contributed by atoms with E-state index in [9.17, 15) is 9.59 Å². The first-order valence-electron chi connectivity index (χ1n) is 7.41. The number of rotatable bonds is 9. The van der Waals surface area contributed by atoms with E-state index in [1.54, 1.807) is 0 Å². The van der Waals surface area contributed by atoms with Gasteiger partial charge in [0, 0.05) is 18.8 Å². The van der Waals surface area contributed by atoms with Crippen molar-refractivity contribution in [1.82, 2.24) is 0 Å². The zero-order valence-electron chi connectivity index (χ0n) is 11.6. The van der Waals surface area contributed by atoms with Crippen LogP contribution in [0.4, 0.5) is 0 Å². The number of hydrogen-bond acceptors (Lipinski definition) is 2. The quantitative estimate of drug-likeness (QED) is 0.351. The second-order valence-corrected chi connectivity index (χ2v) is 5.29. The standard InChI is InChI=1S/C16H26O2/c1-2-3-6-10-15-14(11-12-16(15)18)9-7-4-5-8-13-17/h3,6,13-15H,2,4-5,7-12H2,1H3/t14-,15-/m0/s1.